The van der Waals surface area contributed by atoms with Gasteiger partial charge in [0.25, 0.3) is 0 Å². The van der Waals surface area contributed by atoms with Crippen molar-refractivity contribution in [3.05, 3.63) is 23.3 Å². The lowest BCUT2D eigenvalue weighted by Crippen LogP contribution is -2.50. The van der Waals surface area contributed by atoms with Gasteiger partial charge in [0.1, 0.15) is 5.78 Å². The third-order valence-corrected chi connectivity index (χ3v) is 7.80. The maximum atomic E-state index is 12.4. The smallest absolute Gasteiger partial charge is 0.178 e. The van der Waals surface area contributed by atoms with Crippen molar-refractivity contribution in [2.24, 2.45) is 28.6 Å². The summed E-state index contributed by atoms with van der Waals surface area (Å²) in [5.41, 5.74) is 2.61. The van der Waals surface area contributed by atoms with Crippen LogP contribution < -0.4 is 0 Å². The molecule has 0 bridgehead atoms. The van der Waals surface area contributed by atoms with Crippen molar-refractivity contribution in [2.45, 2.75) is 59.3 Å². The van der Waals surface area contributed by atoms with E-state index in [2.05, 4.69) is 20.8 Å². The first kappa shape index (κ1) is 14.4. The molecule has 0 unspecified atom stereocenters. The number of ketones is 2. The first-order valence-electron chi connectivity index (χ1n) is 8.84. The highest BCUT2D eigenvalue weighted by Gasteiger charge is 2.59. The van der Waals surface area contributed by atoms with Crippen LogP contribution >= 0.6 is 0 Å². The first-order chi connectivity index (χ1) is 10.4. The Labute approximate surface area is 133 Å². The summed E-state index contributed by atoms with van der Waals surface area (Å²) < 4.78 is 0. The van der Waals surface area contributed by atoms with E-state index < -0.39 is 0 Å². The number of rotatable bonds is 0. The summed E-state index contributed by atoms with van der Waals surface area (Å²) in [5.74, 6) is 2.51. The molecule has 3 saturated carbocycles. The van der Waals surface area contributed by atoms with Crippen molar-refractivity contribution in [1.82, 2.24) is 0 Å². The Morgan fingerprint density at radius 3 is 2.55 bits per heavy atom. The highest BCUT2D eigenvalue weighted by Crippen LogP contribution is 2.64. The lowest BCUT2D eigenvalue weighted by Gasteiger charge is -2.57. The zero-order valence-corrected chi connectivity index (χ0v) is 13.9. The van der Waals surface area contributed by atoms with E-state index in [-0.39, 0.29) is 16.6 Å². The summed E-state index contributed by atoms with van der Waals surface area (Å²) in [5, 5.41) is 0. The van der Waals surface area contributed by atoms with Crippen LogP contribution in [0, 0.1) is 28.6 Å². The van der Waals surface area contributed by atoms with Crippen molar-refractivity contribution in [1.29, 1.82) is 0 Å². The van der Waals surface area contributed by atoms with Crippen LogP contribution in [-0.4, -0.2) is 11.6 Å². The van der Waals surface area contributed by atoms with Crippen LogP contribution in [0.4, 0.5) is 0 Å². The predicted octanol–water partition coefficient (Wildman–Crippen LogP) is 4.25. The highest BCUT2D eigenvalue weighted by atomic mass is 16.1. The van der Waals surface area contributed by atoms with Crippen LogP contribution in [0.15, 0.2) is 23.3 Å². The van der Waals surface area contributed by atoms with Gasteiger partial charge in [0, 0.05) is 17.3 Å². The molecule has 0 saturated heterocycles. The summed E-state index contributed by atoms with van der Waals surface area (Å²) in [6, 6.07) is 0. The molecule has 4 rings (SSSR count). The van der Waals surface area contributed by atoms with Gasteiger partial charge in [-0.15, -0.1) is 0 Å². The average molecular weight is 298 g/mol. The number of hydrogen-bond donors (Lipinski definition) is 0. The minimum atomic E-state index is -0.0547. The molecule has 0 radical (unpaired) electrons. The van der Waals surface area contributed by atoms with E-state index in [1.807, 2.05) is 12.2 Å². The topological polar surface area (TPSA) is 34.1 Å². The molecular formula is C20H26O2. The average Bonchev–Trinajstić information content (AvgIpc) is 2.77. The van der Waals surface area contributed by atoms with Gasteiger partial charge in [-0.05, 0) is 68.9 Å². The maximum Gasteiger partial charge on any atom is 0.178 e. The van der Waals surface area contributed by atoms with Gasteiger partial charge in [0.15, 0.2) is 5.78 Å². The molecule has 0 heterocycles. The summed E-state index contributed by atoms with van der Waals surface area (Å²) in [6.45, 7) is 6.72. The van der Waals surface area contributed by atoms with E-state index in [0.717, 1.165) is 32.1 Å². The van der Waals surface area contributed by atoms with Crippen LogP contribution in [0.25, 0.3) is 0 Å². The zero-order valence-electron chi connectivity index (χ0n) is 13.9. The quantitative estimate of drug-likeness (QED) is 0.670. The van der Waals surface area contributed by atoms with E-state index in [0.29, 0.717) is 23.5 Å². The van der Waals surface area contributed by atoms with E-state index in [1.54, 1.807) is 0 Å². The van der Waals surface area contributed by atoms with Crippen LogP contribution in [0.3, 0.4) is 0 Å². The second-order valence-corrected chi connectivity index (χ2v) is 8.44. The van der Waals surface area contributed by atoms with Crippen molar-refractivity contribution < 1.29 is 9.59 Å². The Kier molecular flexibility index (Phi) is 2.90. The molecule has 0 N–H and O–H groups in total. The molecule has 118 valence electrons. The number of allylic oxidation sites excluding steroid dienone is 4. The third kappa shape index (κ3) is 1.62. The number of hydrogen-bond acceptors (Lipinski definition) is 2. The molecule has 0 aliphatic heterocycles. The van der Waals surface area contributed by atoms with E-state index >= 15 is 0 Å². The Balaban J connectivity index is 1.75. The molecule has 0 aromatic carbocycles. The third-order valence-electron chi connectivity index (χ3n) is 7.80. The van der Waals surface area contributed by atoms with Gasteiger partial charge in [0.2, 0.25) is 0 Å². The number of fused-ring (bicyclic) bond motifs is 5. The summed E-state index contributed by atoms with van der Waals surface area (Å²) in [4.78, 5) is 24.3. The molecule has 4 aliphatic rings. The minimum absolute atomic E-state index is 0.0547. The molecule has 3 fully saturated rings. The SMILES string of the molecule is CC1=CC(=O)C=C2CC[C@@H]3[C@@H](CC[C@]4(C)C(=O)CC[C@@H]34)[C@@]12C. The monoisotopic (exact) mass is 298 g/mol. The second kappa shape index (κ2) is 4.43. The van der Waals surface area contributed by atoms with Gasteiger partial charge in [-0.3, -0.25) is 9.59 Å². The molecule has 0 aromatic heterocycles. The van der Waals surface area contributed by atoms with Gasteiger partial charge in [-0.2, -0.15) is 0 Å². The predicted molar refractivity (Wildman–Crippen MR) is 86.2 cm³/mol. The molecule has 0 amide bonds. The van der Waals surface area contributed by atoms with Gasteiger partial charge >= 0.3 is 0 Å². The molecule has 5 atom stereocenters. The Morgan fingerprint density at radius 2 is 1.77 bits per heavy atom. The molecule has 2 nitrogen and oxygen atoms in total. The standard InChI is InChI=1S/C20H26O2/c1-12-10-14(21)11-13-4-5-15-16-6-7-18(22)19(16,2)9-8-17(15)20(12,13)3/h10-11,15-17H,4-9H2,1-3H3/t15-,16-,17+,19-,20-/m0/s1. The highest BCUT2D eigenvalue weighted by molar-refractivity contribution is 6.02. The van der Waals surface area contributed by atoms with Crippen LogP contribution in [-0.2, 0) is 9.59 Å². The largest absolute Gasteiger partial charge is 0.299 e. The lowest BCUT2D eigenvalue weighted by molar-refractivity contribution is -0.131. The normalized spacial score (nSPS) is 47.3. The summed E-state index contributed by atoms with van der Waals surface area (Å²) >= 11 is 0. The number of carbonyl (C=O) groups excluding carboxylic acids is 2. The number of Topliss-reactive ketones (excluding diaryl/α,β-unsaturated/α-hetero) is 1. The molecule has 4 aliphatic carbocycles. The fourth-order valence-corrected chi connectivity index (χ4v) is 6.34. The molecule has 0 spiro atoms. The summed E-state index contributed by atoms with van der Waals surface area (Å²) in [6.07, 6.45) is 10.0. The van der Waals surface area contributed by atoms with Gasteiger partial charge < -0.3 is 0 Å². The van der Waals surface area contributed by atoms with Gasteiger partial charge in [0.05, 0.1) is 0 Å². The molecule has 2 heteroatoms. The maximum absolute atomic E-state index is 12.4. The fourth-order valence-electron chi connectivity index (χ4n) is 6.34. The van der Waals surface area contributed by atoms with Crippen LogP contribution in [0.1, 0.15) is 59.3 Å². The van der Waals surface area contributed by atoms with Crippen molar-refractivity contribution in [2.75, 3.05) is 0 Å². The minimum Gasteiger partial charge on any atom is -0.299 e. The number of carbonyl (C=O) groups is 2. The van der Waals surface area contributed by atoms with E-state index in [1.165, 1.54) is 17.6 Å². The van der Waals surface area contributed by atoms with Gasteiger partial charge in [-0.1, -0.05) is 25.0 Å². The molecular weight excluding hydrogens is 272 g/mol. The zero-order chi connectivity index (χ0) is 15.7. The van der Waals surface area contributed by atoms with Crippen molar-refractivity contribution in [3.63, 3.8) is 0 Å². The Hall–Kier alpha value is -1.18. The van der Waals surface area contributed by atoms with Crippen molar-refractivity contribution in [3.8, 4) is 0 Å². The summed E-state index contributed by atoms with van der Waals surface area (Å²) in [7, 11) is 0. The second-order valence-electron chi connectivity index (χ2n) is 8.44. The molecule has 0 aromatic rings. The Morgan fingerprint density at radius 1 is 1.00 bits per heavy atom. The van der Waals surface area contributed by atoms with Crippen molar-refractivity contribution >= 4 is 11.6 Å². The van der Waals surface area contributed by atoms with Crippen LogP contribution in [0.5, 0.6) is 0 Å². The van der Waals surface area contributed by atoms with E-state index in [4.69, 9.17) is 0 Å². The Bertz CT molecular complexity index is 626. The lowest BCUT2D eigenvalue weighted by atomic mass is 9.47. The van der Waals surface area contributed by atoms with Crippen LogP contribution in [0.2, 0.25) is 0 Å². The fraction of sp³-hybridized carbons (Fsp3) is 0.700. The van der Waals surface area contributed by atoms with E-state index in [9.17, 15) is 9.59 Å². The first-order valence-corrected chi connectivity index (χ1v) is 8.84. The molecule has 22 heavy (non-hydrogen) atoms. The van der Waals surface area contributed by atoms with Gasteiger partial charge in [-0.25, -0.2) is 0 Å².